The zero-order valence-electron chi connectivity index (χ0n) is 87.2. The maximum atomic E-state index is 7.15. The van der Waals surface area contributed by atoms with Crippen molar-refractivity contribution in [2.75, 3.05) is 0 Å². The van der Waals surface area contributed by atoms with E-state index >= 15 is 0 Å². The molecule has 0 radical (unpaired) electrons. The lowest BCUT2D eigenvalue weighted by Crippen LogP contribution is -2.46. The van der Waals surface area contributed by atoms with E-state index in [1.54, 1.807) is 0 Å². The van der Waals surface area contributed by atoms with E-state index in [9.17, 15) is 0 Å². The number of aromatic amines is 4. The lowest BCUT2D eigenvalue weighted by Gasteiger charge is -2.39. The van der Waals surface area contributed by atoms with Gasteiger partial charge in [-0.3, -0.25) is 0 Å². The quantitative estimate of drug-likeness (QED) is 0.0711. The third-order valence-corrected chi connectivity index (χ3v) is 39.7. The van der Waals surface area contributed by atoms with Gasteiger partial charge in [0.1, 0.15) is 12.2 Å². The molecule has 6 aromatic heterocycles. The summed E-state index contributed by atoms with van der Waals surface area (Å²) >= 11 is 0. The Hall–Kier alpha value is -11.6. The number of hydrogen-bond donors (Lipinski definition) is 4. The monoisotopic (exact) mass is 1810 g/mol. The fourth-order valence-corrected chi connectivity index (χ4v) is 29.8. The van der Waals surface area contributed by atoms with Gasteiger partial charge in [0.05, 0.1) is 89.9 Å². The van der Waals surface area contributed by atoms with Crippen LogP contribution in [0.2, 0.25) is 33.2 Å². The first-order valence-electron chi connectivity index (χ1n) is 48.7. The Morgan fingerprint density at radius 2 is 0.388 bits per heavy atom. The minimum atomic E-state index is -2.47. The number of H-pyrrole nitrogens is 4. The lowest BCUT2D eigenvalue weighted by atomic mass is 9.78. The molecule has 134 heavy (non-hydrogen) atoms. The standard InChI is InChI=1S/C122H146N8O2Si2/c1-73(2)133(74(3)4,75(5)6)131-59-57-93-99-45-53-107(127-99)111(79-61-83(115(13,14)15)69-84(62-79)116(16,17)18)103-49-41-95(123-103)91(96-42-50-104(124-96)112(108-54-46-100(93)128-108)80-63-85(117(19,20)21)70-86(64-80)118(22,23)24)39-37-38-40-92-97-43-51-105(125-97)113(81-65-87(119(25,26)27)71-88(66-81)120(28,29)30)109-55-47-101(129-109)94(58-60-132-134(76(7)8,77(9)10)78(11)12)102-48-56-110(130-102)114(106-52-44-98(92)126-106)82-67-89(121(31,32)33)72-90(68-82)122(34,35)36/h41-56,61-78,123,125,128,130H,1-36H3. The third-order valence-electron chi connectivity index (χ3n) is 28.0. The zero-order chi connectivity index (χ0) is 97.8. The Labute approximate surface area is 804 Å². The van der Waals surface area contributed by atoms with Crippen LogP contribution in [-0.4, -0.2) is 56.5 Å². The number of fused-ring (bicyclic) bond motifs is 16. The highest BCUT2D eigenvalue weighted by Crippen LogP contribution is 2.48. The van der Waals surface area contributed by atoms with Crippen LogP contribution in [0, 0.1) is 47.7 Å². The summed E-state index contributed by atoms with van der Waals surface area (Å²) in [6, 6.07) is 45.7. The highest BCUT2D eigenvalue weighted by Gasteiger charge is 2.48. The van der Waals surface area contributed by atoms with Crippen LogP contribution in [0.5, 0.6) is 0 Å². The third kappa shape index (κ3) is 19.9. The summed E-state index contributed by atoms with van der Waals surface area (Å²) in [6.45, 7) is 82.8. The van der Waals surface area contributed by atoms with Crippen LogP contribution in [0.4, 0.5) is 0 Å². The molecule has 12 heteroatoms. The molecule has 10 aromatic rings. The van der Waals surface area contributed by atoms with Crippen LogP contribution < -0.4 is 0 Å². The number of rotatable bonds is 12. The van der Waals surface area contributed by atoms with Gasteiger partial charge < -0.3 is 28.8 Å². The van der Waals surface area contributed by atoms with E-state index in [4.69, 9.17) is 28.8 Å². The molecule has 4 N–H and O–H groups in total. The summed E-state index contributed by atoms with van der Waals surface area (Å²) < 4.78 is 14.3. The van der Waals surface area contributed by atoms with Crippen molar-refractivity contribution in [3.8, 4) is 92.2 Å². The highest BCUT2D eigenvalue weighted by molar-refractivity contribution is 6.78. The molecule has 0 atom stereocenters. The SMILES string of the molecule is CC(C)[Si](OC#Cc1c2nc(c(-c3cc(C(C)(C)C)cc(C(C)(C)C)c3)c3ccc([nH]3)c(C#CC#Cc3c4nc(c(-c5cc(C(C)(C)C)cc(C(C)(C)C)c5)c5ccc([nH]5)c(C#CO[Si](C(C)C)(C(C)C)C(C)C)c5nc(c(-c6cc(C(C)(C)C)cc(C(C)(C)C)c6)c6ccc3[nH]6)C=C5)C=C4)c3nc(c(-c4cc(C(C)(C)C)cc(C(C)(C)C)c4)c4ccc1[nH]4)C=C3)C=C2)(C(C)C)C(C)C. The van der Waals surface area contributed by atoms with Crippen LogP contribution in [-0.2, 0) is 52.2 Å². The zero-order valence-corrected chi connectivity index (χ0v) is 89.2. The molecule has 0 spiro atoms. The van der Waals surface area contributed by atoms with E-state index in [1.807, 2.05) is 0 Å². The van der Waals surface area contributed by atoms with E-state index in [1.165, 1.54) is 44.5 Å². The van der Waals surface area contributed by atoms with E-state index < -0.39 is 16.6 Å². The van der Waals surface area contributed by atoms with E-state index in [2.05, 4.69) is 487 Å². The average molecular weight is 1810 g/mol. The summed E-state index contributed by atoms with van der Waals surface area (Å²) in [7, 11) is -4.93. The van der Waals surface area contributed by atoms with Crippen molar-refractivity contribution >= 4 is 109 Å². The second kappa shape index (κ2) is 36.2. The largest absolute Gasteiger partial charge is 0.499 e. The van der Waals surface area contributed by atoms with Crippen molar-refractivity contribution < 1.29 is 8.85 Å². The smallest absolute Gasteiger partial charge is 0.272 e. The van der Waals surface area contributed by atoms with Gasteiger partial charge in [-0.15, -0.1) is 0 Å². The number of hydrogen-bond acceptors (Lipinski definition) is 6. The Balaban J connectivity index is 1.12. The lowest BCUT2D eigenvalue weighted by molar-refractivity contribution is 0.447. The first-order valence-corrected chi connectivity index (χ1v) is 53.0. The maximum absolute atomic E-state index is 7.15. The fourth-order valence-electron chi connectivity index (χ4n) is 19.9. The number of nitrogens with one attached hydrogen (secondary N) is 4. The summed E-state index contributed by atoms with van der Waals surface area (Å²) in [5.74, 6) is 21.9. The molecule has 0 unspecified atom stereocenters. The molecular weight excluding hydrogens is 1670 g/mol. The topological polar surface area (TPSA) is 133 Å². The second-order valence-electron chi connectivity index (χ2n) is 48.0. The first kappa shape index (κ1) is 98.4. The van der Waals surface area contributed by atoms with Crippen LogP contribution in [0.25, 0.3) is 137 Å². The van der Waals surface area contributed by atoms with E-state index in [0.717, 1.165) is 134 Å². The molecule has 4 aliphatic heterocycles. The summed E-state index contributed by atoms with van der Waals surface area (Å²) in [5, 5.41) is 0. The van der Waals surface area contributed by atoms with Crippen molar-refractivity contribution in [3.05, 3.63) is 234 Å². The van der Waals surface area contributed by atoms with E-state index in [0.29, 0.717) is 55.8 Å². The average Bonchev–Trinajstić information content (AvgIpc) is 1.44. The van der Waals surface area contributed by atoms with Gasteiger partial charge in [0, 0.05) is 44.3 Å². The first-order chi connectivity index (χ1) is 62.3. The van der Waals surface area contributed by atoms with Crippen molar-refractivity contribution in [1.82, 2.24) is 39.9 Å². The van der Waals surface area contributed by atoms with Gasteiger partial charge in [0.15, 0.2) is 0 Å². The Morgan fingerprint density at radius 1 is 0.224 bits per heavy atom. The molecule has 0 fully saturated rings. The number of aromatic nitrogens is 8. The normalized spacial score (nSPS) is 13.4. The Bertz CT molecular complexity index is 6370. The Kier molecular flexibility index (Phi) is 26.6. The van der Waals surface area contributed by atoms with Gasteiger partial charge in [0.2, 0.25) is 0 Å². The van der Waals surface area contributed by atoms with Crippen molar-refractivity contribution in [1.29, 1.82) is 0 Å². The van der Waals surface area contributed by atoms with E-state index in [-0.39, 0.29) is 43.3 Å². The summed E-state index contributed by atoms with van der Waals surface area (Å²) in [5.41, 5.74) is 33.3. The molecule has 0 saturated carbocycles. The molecule has 694 valence electrons. The molecule has 0 saturated heterocycles. The molecule has 0 aliphatic carbocycles. The molecule has 0 amide bonds. The number of benzene rings is 4. The van der Waals surface area contributed by atoms with Crippen LogP contribution in [0.15, 0.2) is 121 Å². The molecule has 4 aromatic carbocycles. The maximum Gasteiger partial charge on any atom is 0.272 e. The van der Waals surface area contributed by atoms with Gasteiger partial charge in [-0.05, 0) is 276 Å². The van der Waals surface area contributed by atoms with Crippen LogP contribution in [0.3, 0.4) is 0 Å². The highest BCUT2D eigenvalue weighted by atomic mass is 28.4. The van der Waals surface area contributed by atoms with Gasteiger partial charge in [-0.1, -0.05) is 322 Å². The minimum absolute atomic E-state index is 0.195. The predicted molar refractivity (Wildman–Crippen MR) is 581 cm³/mol. The van der Waals surface area contributed by atoms with Gasteiger partial charge >= 0.3 is 0 Å². The minimum Gasteiger partial charge on any atom is -0.499 e. The molecule has 4 aliphatic rings. The van der Waals surface area contributed by atoms with Gasteiger partial charge in [-0.25, -0.2) is 19.9 Å². The van der Waals surface area contributed by atoms with Crippen molar-refractivity contribution in [2.24, 2.45) is 0 Å². The van der Waals surface area contributed by atoms with Crippen molar-refractivity contribution in [3.63, 3.8) is 0 Å². The molecule has 16 bridgehead atoms. The molecular formula is C122H146N8O2Si2. The summed E-state index contributed by atoms with van der Waals surface area (Å²) in [6.07, 6.45) is 24.0. The van der Waals surface area contributed by atoms with Crippen molar-refractivity contribution in [2.45, 2.75) is 326 Å². The second-order valence-corrected chi connectivity index (χ2v) is 58.7. The summed E-state index contributed by atoms with van der Waals surface area (Å²) in [4.78, 5) is 39.3. The predicted octanol–water partition coefficient (Wildman–Crippen LogP) is 33.1. The molecule has 10 heterocycles. The number of nitrogens with zero attached hydrogens (tertiary/aromatic N) is 4. The van der Waals surface area contributed by atoms with Gasteiger partial charge in [0.25, 0.3) is 16.6 Å². The fraction of sp³-hybridized carbons (Fsp3) is 0.410. The molecule has 10 nitrogen and oxygen atoms in total. The van der Waals surface area contributed by atoms with Crippen LogP contribution in [0.1, 0.15) is 362 Å². The Morgan fingerprint density at radius 3 is 0.560 bits per heavy atom. The molecule has 14 rings (SSSR count). The van der Waals surface area contributed by atoms with Gasteiger partial charge in [-0.2, -0.15) is 0 Å². The van der Waals surface area contributed by atoms with Crippen LogP contribution >= 0.6 is 0 Å².